The molecule has 1 aromatic rings. The van der Waals surface area contributed by atoms with Crippen molar-refractivity contribution in [3.8, 4) is 0 Å². The van der Waals surface area contributed by atoms with Crippen LogP contribution >= 0.6 is 0 Å². The Labute approximate surface area is 118 Å². The lowest BCUT2D eigenvalue weighted by atomic mass is 10.1. The van der Waals surface area contributed by atoms with Crippen LogP contribution in [0.5, 0.6) is 0 Å². The Morgan fingerprint density at radius 2 is 1.91 bits per heavy atom. The van der Waals surface area contributed by atoms with E-state index in [4.69, 9.17) is 0 Å². The van der Waals surface area contributed by atoms with Gasteiger partial charge in [-0.3, -0.25) is 4.79 Å². The highest BCUT2D eigenvalue weighted by Gasteiger charge is 2.54. The third kappa shape index (κ3) is 2.53. The van der Waals surface area contributed by atoms with Gasteiger partial charge in [-0.05, 0) is 6.07 Å². The fraction of sp³-hybridized carbons (Fsp3) is 0.500. The van der Waals surface area contributed by atoms with Crippen LogP contribution in [0.1, 0.15) is 23.5 Å². The number of aromatic nitrogens is 2. The average molecular weight is 330 g/mol. The van der Waals surface area contributed by atoms with Crippen LogP contribution in [0.15, 0.2) is 17.4 Å². The van der Waals surface area contributed by atoms with E-state index in [1.165, 1.54) is 0 Å². The molecule has 1 aromatic heterocycles. The van der Waals surface area contributed by atoms with Crippen molar-refractivity contribution in [3.63, 3.8) is 0 Å². The van der Waals surface area contributed by atoms with Crippen LogP contribution in [0, 0.1) is 0 Å². The van der Waals surface area contributed by atoms with E-state index in [0.29, 0.717) is 0 Å². The summed E-state index contributed by atoms with van der Waals surface area (Å²) >= 11 is 0. The molecular formula is C10H8F6N4O2. The predicted octanol–water partition coefficient (Wildman–Crippen LogP) is 1.70. The second-order valence-electron chi connectivity index (χ2n) is 4.30. The Morgan fingerprint density at radius 1 is 1.27 bits per heavy atom. The van der Waals surface area contributed by atoms with Gasteiger partial charge in [0.15, 0.2) is 0 Å². The number of carbonyl (C=O) groups excluding carboxylic acids is 1. The Balaban J connectivity index is 2.43. The second-order valence-corrected chi connectivity index (χ2v) is 4.30. The van der Waals surface area contributed by atoms with Crippen molar-refractivity contribution in [3.05, 3.63) is 18.0 Å². The van der Waals surface area contributed by atoms with Gasteiger partial charge in [-0.15, -0.1) is 0 Å². The maximum absolute atomic E-state index is 12.9. The number of hydrogen-bond acceptors (Lipinski definition) is 4. The maximum Gasteiger partial charge on any atom is 0.333 e. The second kappa shape index (κ2) is 5.59. The lowest BCUT2D eigenvalue weighted by molar-refractivity contribution is -0.164. The number of aliphatic hydroxyl groups is 1. The summed E-state index contributed by atoms with van der Waals surface area (Å²) in [4.78, 5) is 12.0. The Bertz CT molecular complexity index is 604. The van der Waals surface area contributed by atoms with Gasteiger partial charge in [-0.2, -0.15) is 28.7 Å². The maximum atomic E-state index is 12.9. The fourth-order valence-corrected chi connectivity index (χ4v) is 1.85. The quantitative estimate of drug-likeness (QED) is 0.854. The molecule has 22 heavy (non-hydrogen) atoms. The first kappa shape index (κ1) is 16.3. The Morgan fingerprint density at radius 3 is 2.41 bits per heavy atom. The molecular weight excluding hydrogens is 322 g/mol. The molecule has 0 saturated carbocycles. The summed E-state index contributed by atoms with van der Waals surface area (Å²) < 4.78 is 76.2. The SMILES string of the molecule is O=C(c1ccnn1C(F)F)N1N=C(C(F)F)CC1(O)C(F)F. The minimum absolute atomic E-state index is 0.107. The summed E-state index contributed by atoms with van der Waals surface area (Å²) in [6.45, 7) is -3.27. The topological polar surface area (TPSA) is 70.7 Å². The molecule has 0 bridgehead atoms. The number of hydrogen-bond donors (Lipinski definition) is 1. The van der Waals surface area contributed by atoms with Crippen LogP contribution in [0.2, 0.25) is 0 Å². The van der Waals surface area contributed by atoms with Crippen molar-refractivity contribution in [1.82, 2.24) is 14.8 Å². The predicted molar refractivity (Wildman–Crippen MR) is 58.7 cm³/mol. The van der Waals surface area contributed by atoms with Crippen LogP contribution in [0.3, 0.4) is 0 Å². The summed E-state index contributed by atoms with van der Waals surface area (Å²) in [6.07, 6.45) is -7.44. The number of amides is 1. The first-order valence-corrected chi connectivity index (χ1v) is 5.70. The van der Waals surface area contributed by atoms with Crippen molar-refractivity contribution in [2.24, 2.45) is 5.10 Å². The molecule has 1 amide bonds. The molecule has 1 aliphatic heterocycles. The first-order chi connectivity index (χ1) is 10.2. The lowest BCUT2D eigenvalue weighted by Gasteiger charge is -2.29. The molecule has 0 spiro atoms. The van der Waals surface area contributed by atoms with Crippen LogP contribution in [0.4, 0.5) is 26.3 Å². The molecule has 1 unspecified atom stereocenters. The van der Waals surface area contributed by atoms with Gasteiger partial charge < -0.3 is 5.11 Å². The van der Waals surface area contributed by atoms with E-state index in [0.717, 1.165) is 12.3 Å². The monoisotopic (exact) mass is 330 g/mol. The molecule has 122 valence electrons. The Kier molecular flexibility index (Phi) is 4.13. The number of carbonyl (C=O) groups is 1. The normalized spacial score (nSPS) is 22.1. The van der Waals surface area contributed by atoms with E-state index in [-0.39, 0.29) is 9.69 Å². The summed E-state index contributed by atoms with van der Waals surface area (Å²) in [6, 6.07) is 0.760. The highest BCUT2D eigenvalue weighted by Crippen LogP contribution is 2.34. The summed E-state index contributed by atoms with van der Waals surface area (Å²) in [5.74, 6) is -1.60. The average Bonchev–Trinajstić information content (AvgIpc) is 3.02. The molecule has 2 heterocycles. The van der Waals surface area contributed by atoms with E-state index < -0.39 is 48.9 Å². The standard InChI is InChI=1S/C10H8F6N4O2/c11-6(12)4-3-10(22,8(13)14)20(18-4)7(21)5-1-2-17-19(5)9(15)16/h1-2,6,8-9,22H,3H2. The highest BCUT2D eigenvalue weighted by atomic mass is 19.3. The van der Waals surface area contributed by atoms with Gasteiger partial charge in [0.2, 0.25) is 5.72 Å². The molecule has 0 aromatic carbocycles. The highest BCUT2D eigenvalue weighted by molar-refractivity contribution is 5.98. The van der Waals surface area contributed by atoms with Gasteiger partial charge in [-0.25, -0.2) is 17.6 Å². The van der Waals surface area contributed by atoms with E-state index in [9.17, 15) is 36.2 Å². The zero-order valence-electron chi connectivity index (χ0n) is 10.5. The summed E-state index contributed by atoms with van der Waals surface area (Å²) in [5, 5.41) is 15.5. The van der Waals surface area contributed by atoms with Crippen LogP contribution < -0.4 is 0 Å². The molecule has 12 heteroatoms. The number of halogens is 6. The molecule has 0 radical (unpaired) electrons. The van der Waals surface area contributed by atoms with Gasteiger partial charge in [-0.1, -0.05) is 0 Å². The number of rotatable bonds is 4. The number of alkyl halides is 6. The van der Waals surface area contributed by atoms with Crippen LogP contribution in [0.25, 0.3) is 0 Å². The van der Waals surface area contributed by atoms with E-state index >= 15 is 0 Å². The number of hydrazone groups is 1. The molecule has 0 aliphatic carbocycles. The molecule has 0 saturated heterocycles. The lowest BCUT2D eigenvalue weighted by Crippen LogP contribution is -2.52. The fourth-order valence-electron chi connectivity index (χ4n) is 1.85. The van der Waals surface area contributed by atoms with Gasteiger partial charge in [0.1, 0.15) is 11.4 Å². The zero-order chi connectivity index (χ0) is 16.7. The first-order valence-electron chi connectivity index (χ1n) is 5.70. The van der Waals surface area contributed by atoms with Gasteiger partial charge in [0.25, 0.3) is 18.8 Å². The number of nitrogens with zero attached hydrogens (tertiary/aromatic N) is 4. The summed E-state index contributed by atoms with van der Waals surface area (Å²) in [5.41, 5.74) is -5.37. The van der Waals surface area contributed by atoms with Crippen LogP contribution in [-0.2, 0) is 0 Å². The largest absolute Gasteiger partial charge is 0.364 e. The van der Waals surface area contributed by atoms with Gasteiger partial charge >= 0.3 is 6.55 Å². The van der Waals surface area contributed by atoms with Crippen molar-refractivity contribution in [1.29, 1.82) is 0 Å². The van der Waals surface area contributed by atoms with Crippen LogP contribution in [-0.4, -0.2) is 50.1 Å². The third-order valence-corrected chi connectivity index (χ3v) is 2.90. The van der Waals surface area contributed by atoms with Gasteiger partial charge in [0.05, 0.1) is 0 Å². The molecule has 2 rings (SSSR count). The molecule has 6 nitrogen and oxygen atoms in total. The molecule has 1 N–H and O–H groups in total. The minimum Gasteiger partial charge on any atom is -0.364 e. The minimum atomic E-state index is -3.64. The molecule has 1 aliphatic rings. The van der Waals surface area contributed by atoms with Crippen molar-refractivity contribution >= 4 is 11.6 Å². The van der Waals surface area contributed by atoms with Crippen molar-refractivity contribution in [2.75, 3.05) is 0 Å². The third-order valence-electron chi connectivity index (χ3n) is 2.90. The zero-order valence-corrected chi connectivity index (χ0v) is 10.5. The Hall–Kier alpha value is -2.11. The molecule has 1 atom stereocenters. The summed E-state index contributed by atoms with van der Waals surface area (Å²) in [7, 11) is 0. The van der Waals surface area contributed by atoms with E-state index in [1.54, 1.807) is 0 Å². The van der Waals surface area contributed by atoms with E-state index in [1.807, 2.05) is 0 Å². The van der Waals surface area contributed by atoms with Crippen molar-refractivity contribution < 1.29 is 36.2 Å². The molecule has 0 fully saturated rings. The smallest absolute Gasteiger partial charge is 0.333 e. The van der Waals surface area contributed by atoms with Gasteiger partial charge in [0, 0.05) is 12.6 Å². The van der Waals surface area contributed by atoms with E-state index in [2.05, 4.69) is 10.2 Å². The van der Waals surface area contributed by atoms with Crippen molar-refractivity contribution in [2.45, 2.75) is 31.5 Å².